The summed E-state index contributed by atoms with van der Waals surface area (Å²) in [5, 5.41) is 38.6. The molecule has 0 aliphatic heterocycles. The minimum absolute atomic E-state index is 0. The standard InChI is InChI=1S/C8H11NO2.C8H14O4.Li/c9-4-3-6-1-2-7(10)8(11)5-6;1-3-6(8(11)12)4-5(2)7(9)10;/h1-2,5,10-11H,3-4,9H2;5-6H,3-4H2,1-2H3,(H,9,10)(H,11,12);/q;;+1/p-1. The first-order chi connectivity index (χ1) is 10.7. The molecule has 2 atom stereocenters. The maximum Gasteiger partial charge on any atom is 1.00 e. The van der Waals surface area contributed by atoms with Gasteiger partial charge in [-0.05, 0) is 42.4 Å². The molecule has 0 fully saturated rings. The Labute approximate surface area is 153 Å². The number of hydrogen-bond acceptors (Lipinski definition) is 6. The summed E-state index contributed by atoms with van der Waals surface area (Å²) in [5.74, 6) is -3.94. The van der Waals surface area contributed by atoms with Gasteiger partial charge in [0.15, 0.2) is 11.5 Å². The minimum Gasteiger partial charge on any atom is -0.550 e. The molecule has 0 spiro atoms. The molecule has 1 aromatic carbocycles. The van der Waals surface area contributed by atoms with E-state index in [0.29, 0.717) is 6.42 Å². The van der Waals surface area contributed by atoms with Crippen molar-refractivity contribution in [2.45, 2.75) is 33.1 Å². The summed E-state index contributed by atoms with van der Waals surface area (Å²) in [6.07, 6.45) is 1.30. The Morgan fingerprint density at radius 1 is 1.17 bits per heavy atom. The number of rotatable bonds is 7. The summed E-state index contributed by atoms with van der Waals surface area (Å²) in [7, 11) is 0. The number of quaternary nitrogens is 1. The molecule has 130 valence electrons. The molecule has 1 rings (SSSR count). The molecule has 0 saturated heterocycles. The predicted molar refractivity (Wildman–Crippen MR) is 78.8 cm³/mol. The van der Waals surface area contributed by atoms with Gasteiger partial charge in [0, 0.05) is 18.4 Å². The van der Waals surface area contributed by atoms with Crippen LogP contribution < -0.4 is 34.8 Å². The number of aliphatic carboxylic acids is 2. The molecule has 0 heterocycles. The zero-order valence-electron chi connectivity index (χ0n) is 14.4. The van der Waals surface area contributed by atoms with Crippen molar-refractivity contribution in [3.05, 3.63) is 23.8 Å². The van der Waals surface area contributed by atoms with Crippen LogP contribution in [-0.4, -0.2) is 28.7 Å². The molecule has 7 nitrogen and oxygen atoms in total. The van der Waals surface area contributed by atoms with Gasteiger partial charge in [-0.15, -0.1) is 0 Å². The average Bonchev–Trinajstić information content (AvgIpc) is 2.48. The molecule has 0 amide bonds. The first-order valence-electron chi connectivity index (χ1n) is 7.44. The fourth-order valence-corrected chi connectivity index (χ4v) is 1.88. The number of carbonyl (C=O) groups is 2. The van der Waals surface area contributed by atoms with Crippen LogP contribution in [0, 0.1) is 11.8 Å². The van der Waals surface area contributed by atoms with Gasteiger partial charge in [-0.3, -0.25) is 0 Å². The van der Waals surface area contributed by atoms with Crippen molar-refractivity contribution >= 4 is 11.9 Å². The van der Waals surface area contributed by atoms with Crippen LogP contribution in [0.1, 0.15) is 32.3 Å². The Kier molecular flexibility index (Phi) is 13.0. The Balaban J connectivity index is 0. The van der Waals surface area contributed by atoms with Crippen LogP contribution in [0.5, 0.6) is 11.5 Å². The van der Waals surface area contributed by atoms with E-state index in [1.165, 1.54) is 13.0 Å². The largest absolute Gasteiger partial charge is 1.00 e. The molecule has 0 radical (unpaired) electrons. The number of carboxylic acid groups (broad SMARTS) is 2. The second-order valence-corrected chi connectivity index (χ2v) is 5.31. The normalized spacial score (nSPS) is 12.1. The van der Waals surface area contributed by atoms with E-state index in [1.54, 1.807) is 19.1 Å². The average molecular weight is 333 g/mol. The Morgan fingerprint density at radius 3 is 2.12 bits per heavy atom. The van der Waals surface area contributed by atoms with Crippen LogP contribution in [0.15, 0.2) is 18.2 Å². The Bertz CT molecular complexity index is 523. The maximum atomic E-state index is 10.4. The number of hydrogen-bond donors (Lipinski definition) is 3. The van der Waals surface area contributed by atoms with E-state index in [1.807, 2.05) is 0 Å². The molecule has 5 N–H and O–H groups in total. The molecule has 1 aromatic rings. The van der Waals surface area contributed by atoms with E-state index in [9.17, 15) is 19.8 Å². The van der Waals surface area contributed by atoms with Crippen molar-refractivity contribution in [3.63, 3.8) is 0 Å². The number of phenols is 2. The third kappa shape index (κ3) is 9.45. The van der Waals surface area contributed by atoms with Gasteiger partial charge < -0.3 is 35.7 Å². The number of benzene rings is 1. The summed E-state index contributed by atoms with van der Waals surface area (Å²) in [6, 6.07) is 4.82. The third-order valence-corrected chi connectivity index (χ3v) is 3.37. The maximum absolute atomic E-state index is 10.4. The van der Waals surface area contributed by atoms with Crippen molar-refractivity contribution in [3.8, 4) is 11.5 Å². The van der Waals surface area contributed by atoms with E-state index in [2.05, 4.69) is 5.73 Å². The molecule has 0 aliphatic carbocycles. The van der Waals surface area contributed by atoms with Crippen LogP contribution in [0.3, 0.4) is 0 Å². The smallest absolute Gasteiger partial charge is 0.550 e. The molecule has 2 unspecified atom stereocenters. The van der Waals surface area contributed by atoms with Gasteiger partial charge in [0.05, 0.1) is 6.54 Å². The summed E-state index contributed by atoms with van der Waals surface area (Å²) in [6.45, 7) is 3.91. The summed E-state index contributed by atoms with van der Waals surface area (Å²) in [5.41, 5.74) is 4.68. The summed E-state index contributed by atoms with van der Waals surface area (Å²) >= 11 is 0. The second kappa shape index (κ2) is 12.7. The predicted octanol–water partition coefficient (Wildman–Crippen LogP) is -4.58. The van der Waals surface area contributed by atoms with Gasteiger partial charge >= 0.3 is 18.9 Å². The summed E-state index contributed by atoms with van der Waals surface area (Å²) in [4.78, 5) is 20.6. The minimum atomic E-state index is -1.21. The molecule has 0 aliphatic rings. The van der Waals surface area contributed by atoms with Crippen LogP contribution in [0.4, 0.5) is 0 Å². The van der Waals surface area contributed by atoms with Crippen LogP contribution >= 0.6 is 0 Å². The van der Waals surface area contributed by atoms with E-state index >= 15 is 0 Å². The number of aromatic hydroxyl groups is 2. The third-order valence-electron chi connectivity index (χ3n) is 3.37. The molecule has 0 aromatic heterocycles. The molecule has 0 saturated carbocycles. The van der Waals surface area contributed by atoms with Crippen molar-refractivity contribution < 1.29 is 54.6 Å². The van der Waals surface area contributed by atoms with Crippen molar-refractivity contribution in [1.29, 1.82) is 0 Å². The quantitative estimate of drug-likeness (QED) is 0.338. The molecule has 24 heavy (non-hydrogen) atoms. The molecular weight excluding hydrogens is 309 g/mol. The Morgan fingerprint density at radius 2 is 1.75 bits per heavy atom. The first kappa shape index (κ1) is 24.6. The number of phenolic OH excluding ortho intramolecular Hbond substituents is 2. The van der Waals surface area contributed by atoms with Crippen LogP contribution in [0.25, 0.3) is 0 Å². The number of carboxylic acids is 2. The van der Waals surface area contributed by atoms with Crippen LogP contribution in [-0.2, 0) is 16.0 Å². The van der Waals surface area contributed by atoms with Crippen molar-refractivity contribution in [2.24, 2.45) is 11.8 Å². The van der Waals surface area contributed by atoms with E-state index in [4.69, 9.17) is 10.2 Å². The van der Waals surface area contributed by atoms with Gasteiger partial charge in [0.1, 0.15) is 0 Å². The zero-order valence-corrected chi connectivity index (χ0v) is 14.4. The Hall–Kier alpha value is -1.68. The van der Waals surface area contributed by atoms with E-state index in [0.717, 1.165) is 18.5 Å². The van der Waals surface area contributed by atoms with E-state index < -0.39 is 23.8 Å². The van der Waals surface area contributed by atoms with Gasteiger partial charge in [0.25, 0.3) is 0 Å². The van der Waals surface area contributed by atoms with E-state index in [-0.39, 0.29) is 36.8 Å². The fourth-order valence-electron chi connectivity index (χ4n) is 1.88. The van der Waals surface area contributed by atoms with Crippen molar-refractivity contribution in [1.82, 2.24) is 0 Å². The van der Waals surface area contributed by atoms with Crippen LogP contribution in [0.2, 0.25) is 0 Å². The molecular formula is C16H24LiNO6. The number of carbonyl (C=O) groups excluding carboxylic acids is 2. The van der Waals surface area contributed by atoms with Gasteiger partial charge in [-0.1, -0.05) is 19.9 Å². The topological polar surface area (TPSA) is 148 Å². The first-order valence-corrected chi connectivity index (χ1v) is 7.44. The molecule has 8 heteroatoms. The fraction of sp³-hybridized carbons (Fsp3) is 0.500. The van der Waals surface area contributed by atoms with Gasteiger partial charge in [-0.25, -0.2) is 0 Å². The zero-order chi connectivity index (χ0) is 18.0. The molecule has 0 bridgehead atoms. The monoisotopic (exact) mass is 333 g/mol. The summed E-state index contributed by atoms with van der Waals surface area (Å²) < 4.78 is 0. The van der Waals surface area contributed by atoms with Gasteiger partial charge in [0.2, 0.25) is 0 Å². The second-order valence-electron chi connectivity index (χ2n) is 5.31. The van der Waals surface area contributed by atoms with Crippen molar-refractivity contribution in [2.75, 3.05) is 6.54 Å². The SMILES string of the molecule is CCC(CC(C)C(=O)[O-])C(=O)[O-].[Li+].[NH3+]CCc1ccc(O)c(O)c1. The van der Waals surface area contributed by atoms with Gasteiger partial charge in [-0.2, -0.15) is 0 Å².